The van der Waals surface area contributed by atoms with Gasteiger partial charge in [-0.05, 0) is 30.3 Å². The summed E-state index contributed by atoms with van der Waals surface area (Å²) < 4.78 is 62.4. The number of esters is 1. The van der Waals surface area contributed by atoms with Crippen LogP contribution in [0.15, 0.2) is 42.5 Å². The molecule has 0 heterocycles. The summed E-state index contributed by atoms with van der Waals surface area (Å²) in [5.74, 6) is -3.25. The minimum absolute atomic E-state index is 0.0347. The number of halogens is 4. The van der Waals surface area contributed by atoms with Gasteiger partial charge in [0.15, 0.2) is 6.61 Å². The van der Waals surface area contributed by atoms with Crippen molar-refractivity contribution in [1.82, 2.24) is 0 Å². The number of Topliss-reactive ketones (excluding diaryl/α,β-unsaturated/α-hetero) is 1. The van der Waals surface area contributed by atoms with Crippen molar-refractivity contribution in [2.24, 2.45) is 0 Å². The molecule has 0 aliphatic heterocycles. The lowest BCUT2D eigenvalue weighted by atomic mass is 10.1. The van der Waals surface area contributed by atoms with E-state index in [1.54, 1.807) is 0 Å². The highest BCUT2D eigenvalue weighted by atomic mass is 19.3. The van der Waals surface area contributed by atoms with Crippen LogP contribution in [0.2, 0.25) is 0 Å². The van der Waals surface area contributed by atoms with Gasteiger partial charge in [0.2, 0.25) is 5.78 Å². The van der Waals surface area contributed by atoms with E-state index in [2.05, 4.69) is 9.47 Å². The SMILES string of the molecule is O=C(OCC(=O)c1ccc(OC(F)F)cc1OC(F)F)c1cccc(O)c1. The molecule has 0 unspecified atom stereocenters. The summed E-state index contributed by atoms with van der Waals surface area (Å²) in [7, 11) is 0. The number of benzene rings is 2. The van der Waals surface area contributed by atoms with Crippen LogP contribution in [0, 0.1) is 0 Å². The molecule has 0 aromatic heterocycles. The molecule has 0 spiro atoms. The van der Waals surface area contributed by atoms with Crippen LogP contribution in [0.4, 0.5) is 17.6 Å². The maximum Gasteiger partial charge on any atom is 0.387 e. The Hall–Kier alpha value is -3.30. The van der Waals surface area contributed by atoms with Gasteiger partial charge in [0, 0.05) is 6.07 Å². The Morgan fingerprint density at radius 3 is 2.30 bits per heavy atom. The first-order valence-corrected chi connectivity index (χ1v) is 7.29. The number of ether oxygens (including phenoxy) is 3. The smallest absolute Gasteiger partial charge is 0.387 e. The number of ketones is 1. The summed E-state index contributed by atoms with van der Waals surface area (Å²) >= 11 is 0. The van der Waals surface area contributed by atoms with E-state index in [0.29, 0.717) is 6.07 Å². The predicted octanol–water partition coefficient (Wildman–Crippen LogP) is 3.63. The zero-order chi connectivity index (χ0) is 20.0. The quantitative estimate of drug-likeness (QED) is 0.423. The average Bonchev–Trinajstić information content (AvgIpc) is 2.58. The van der Waals surface area contributed by atoms with Crippen molar-refractivity contribution < 1.29 is 46.5 Å². The zero-order valence-corrected chi connectivity index (χ0v) is 13.4. The first kappa shape index (κ1) is 20.0. The van der Waals surface area contributed by atoms with E-state index in [1.165, 1.54) is 18.2 Å². The summed E-state index contributed by atoms with van der Waals surface area (Å²) in [5.41, 5.74) is -0.451. The normalized spacial score (nSPS) is 10.7. The van der Waals surface area contributed by atoms with E-state index in [4.69, 9.17) is 4.74 Å². The molecule has 2 rings (SSSR count). The third kappa shape index (κ3) is 5.87. The molecule has 1 N–H and O–H groups in total. The monoisotopic (exact) mass is 388 g/mol. The van der Waals surface area contributed by atoms with E-state index in [9.17, 15) is 32.3 Å². The molecule has 10 heteroatoms. The Morgan fingerprint density at radius 1 is 0.963 bits per heavy atom. The highest BCUT2D eigenvalue weighted by Gasteiger charge is 2.20. The van der Waals surface area contributed by atoms with Crippen LogP contribution in [-0.2, 0) is 4.74 Å². The van der Waals surface area contributed by atoms with Crippen molar-refractivity contribution in [1.29, 1.82) is 0 Å². The van der Waals surface area contributed by atoms with Crippen molar-refractivity contribution in [2.75, 3.05) is 6.61 Å². The standard InChI is InChI=1S/C17H12F4O6/c18-16(19)26-11-4-5-12(14(7-11)27-17(20)21)13(23)8-25-15(24)9-2-1-3-10(22)6-9/h1-7,16-17,22H,8H2. The van der Waals surface area contributed by atoms with E-state index in [0.717, 1.165) is 18.2 Å². The number of aromatic hydroxyl groups is 1. The van der Waals surface area contributed by atoms with Crippen molar-refractivity contribution in [2.45, 2.75) is 13.2 Å². The zero-order valence-electron chi connectivity index (χ0n) is 13.4. The minimum Gasteiger partial charge on any atom is -0.508 e. The van der Waals surface area contributed by atoms with Crippen molar-refractivity contribution in [3.8, 4) is 17.2 Å². The molecule has 2 aromatic carbocycles. The van der Waals surface area contributed by atoms with Crippen molar-refractivity contribution in [3.05, 3.63) is 53.6 Å². The summed E-state index contributed by atoms with van der Waals surface area (Å²) in [6.07, 6.45) is 0. The average molecular weight is 388 g/mol. The molecular formula is C17H12F4O6. The maximum absolute atomic E-state index is 12.5. The number of carbonyl (C=O) groups excluding carboxylic acids is 2. The molecule has 0 aliphatic carbocycles. The second-order valence-corrected chi connectivity index (χ2v) is 4.96. The van der Waals surface area contributed by atoms with Gasteiger partial charge in [0.25, 0.3) is 0 Å². The Labute approximate surface area is 149 Å². The predicted molar refractivity (Wildman–Crippen MR) is 82.4 cm³/mol. The number of carbonyl (C=O) groups is 2. The highest BCUT2D eigenvalue weighted by molar-refractivity contribution is 6.01. The molecule has 0 bridgehead atoms. The van der Waals surface area contributed by atoms with Crippen LogP contribution >= 0.6 is 0 Å². The topological polar surface area (TPSA) is 82.1 Å². The second-order valence-electron chi connectivity index (χ2n) is 4.96. The highest BCUT2D eigenvalue weighted by Crippen LogP contribution is 2.28. The molecule has 2 aromatic rings. The lowest BCUT2D eigenvalue weighted by molar-refractivity contribution is -0.0545. The van der Waals surface area contributed by atoms with Crippen molar-refractivity contribution >= 4 is 11.8 Å². The fraction of sp³-hybridized carbons (Fsp3) is 0.176. The first-order chi connectivity index (χ1) is 12.8. The van der Waals surface area contributed by atoms with Gasteiger partial charge in [-0.3, -0.25) is 4.79 Å². The molecule has 0 atom stereocenters. The Bertz CT molecular complexity index is 825. The third-order valence-electron chi connectivity index (χ3n) is 3.11. The second kappa shape index (κ2) is 8.88. The largest absolute Gasteiger partial charge is 0.508 e. The van der Waals surface area contributed by atoms with Crippen LogP contribution in [0.25, 0.3) is 0 Å². The van der Waals surface area contributed by atoms with Gasteiger partial charge < -0.3 is 19.3 Å². The molecule has 0 saturated carbocycles. The molecule has 0 radical (unpaired) electrons. The van der Waals surface area contributed by atoms with Gasteiger partial charge in [-0.25, -0.2) is 4.79 Å². The molecular weight excluding hydrogens is 376 g/mol. The first-order valence-electron chi connectivity index (χ1n) is 7.29. The number of hydrogen-bond acceptors (Lipinski definition) is 6. The number of phenolic OH excluding ortho intramolecular Hbond substituents is 1. The lowest BCUT2D eigenvalue weighted by Gasteiger charge is -2.12. The fourth-order valence-corrected chi connectivity index (χ4v) is 2.03. The summed E-state index contributed by atoms with van der Waals surface area (Å²) in [5, 5.41) is 9.30. The van der Waals surface area contributed by atoms with Crippen LogP contribution in [0.5, 0.6) is 17.2 Å². The maximum atomic E-state index is 12.5. The van der Waals surface area contributed by atoms with Crippen molar-refractivity contribution in [3.63, 3.8) is 0 Å². The molecule has 27 heavy (non-hydrogen) atoms. The Balaban J connectivity index is 2.13. The van der Waals surface area contributed by atoms with Gasteiger partial charge in [0.1, 0.15) is 17.2 Å². The summed E-state index contributed by atoms with van der Waals surface area (Å²) in [4.78, 5) is 24.0. The molecule has 144 valence electrons. The van der Waals surface area contributed by atoms with Gasteiger partial charge in [-0.2, -0.15) is 17.6 Å². The van der Waals surface area contributed by atoms with Gasteiger partial charge in [-0.15, -0.1) is 0 Å². The van der Waals surface area contributed by atoms with Crippen LogP contribution in [-0.4, -0.2) is 36.7 Å². The number of alkyl halides is 4. The summed E-state index contributed by atoms with van der Waals surface area (Å²) in [6, 6.07) is 7.71. The molecule has 0 saturated heterocycles. The Morgan fingerprint density at radius 2 is 1.67 bits per heavy atom. The molecule has 0 amide bonds. The van der Waals surface area contributed by atoms with Gasteiger partial charge >= 0.3 is 19.2 Å². The number of rotatable bonds is 8. The number of hydrogen-bond donors (Lipinski definition) is 1. The van der Waals surface area contributed by atoms with Gasteiger partial charge in [0.05, 0.1) is 11.1 Å². The van der Waals surface area contributed by atoms with Crippen LogP contribution in [0.1, 0.15) is 20.7 Å². The molecule has 6 nitrogen and oxygen atoms in total. The van der Waals surface area contributed by atoms with Crippen LogP contribution in [0.3, 0.4) is 0 Å². The van der Waals surface area contributed by atoms with Gasteiger partial charge in [-0.1, -0.05) is 6.07 Å². The van der Waals surface area contributed by atoms with E-state index < -0.39 is 48.6 Å². The Kier molecular flexibility index (Phi) is 6.58. The molecule has 0 aliphatic rings. The number of phenols is 1. The lowest BCUT2D eigenvalue weighted by Crippen LogP contribution is -2.16. The van der Waals surface area contributed by atoms with Crippen LogP contribution < -0.4 is 9.47 Å². The third-order valence-corrected chi connectivity index (χ3v) is 3.11. The van der Waals surface area contributed by atoms with E-state index >= 15 is 0 Å². The van der Waals surface area contributed by atoms with E-state index in [-0.39, 0.29) is 11.3 Å². The molecule has 0 fully saturated rings. The van der Waals surface area contributed by atoms with E-state index in [1.807, 2.05) is 0 Å². The fourth-order valence-electron chi connectivity index (χ4n) is 2.03. The summed E-state index contributed by atoms with van der Waals surface area (Å²) in [6.45, 7) is -7.36. The minimum atomic E-state index is -3.33.